The van der Waals surface area contributed by atoms with Crippen LogP contribution in [-0.4, -0.2) is 58.2 Å². The van der Waals surface area contributed by atoms with E-state index < -0.39 is 11.3 Å². The molecule has 1 aromatic carbocycles. The molecule has 0 saturated carbocycles. The van der Waals surface area contributed by atoms with Gasteiger partial charge in [-0.05, 0) is 25.0 Å². The summed E-state index contributed by atoms with van der Waals surface area (Å²) in [5, 5.41) is 10.9. The fourth-order valence-electron chi connectivity index (χ4n) is 5.01. The van der Waals surface area contributed by atoms with Gasteiger partial charge in [0, 0.05) is 38.7 Å². The Morgan fingerprint density at radius 3 is 2.65 bits per heavy atom. The fourth-order valence-corrected chi connectivity index (χ4v) is 5.01. The molecule has 3 aromatic heterocycles. The van der Waals surface area contributed by atoms with E-state index in [2.05, 4.69) is 39.1 Å². The number of pyridine rings is 1. The summed E-state index contributed by atoms with van der Waals surface area (Å²) in [6.45, 7) is 5.12. The zero-order valence-electron chi connectivity index (χ0n) is 20.7. The number of amides is 1. The average Bonchev–Trinajstić information content (AvgIpc) is 3.56. The van der Waals surface area contributed by atoms with Crippen LogP contribution in [-0.2, 0) is 16.0 Å². The molecule has 2 fully saturated rings. The van der Waals surface area contributed by atoms with E-state index in [-0.39, 0.29) is 11.6 Å². The largest absolute Gasteiger partial charge is 0.501 e. The van der Waals surface area contributed by atoms with Crippen molar-refractivity contribution in [2.24, 2.45) is 0 Å². The van der Waals surface area contributed by atoms with Crippen molar-refractivity contribution in [3.05, 3.63) is 69.9 Å². The maximum absolute atomic E-state index is 13.4. The van der Waals surface area contributed by atoms with Crippen molar-refractivity contribution >= 4 is 22.9 Å². The number of rotatable bonds is 5. The average molecular weight is 502 g/mol. The van der Waals surface area contributed by atoms with Crippen LogP contribution in [0.3, 0.4) is 0 Å². The number of ether oxygens (including phenoxy) is 1. The number of aromatic amines is 2. The maximum atomic E-state index is 13.4. The quantitative estimate of drug-likeness (QED) is 0.432. The molecule has 4 aromatic rings. The number of aryl methyl sites for hydroxylation is 1. The number of nitrogens with one attached hydrogen (secondary N) is 2. The summed E-state index contributed by atoms with van der Waals surface area (Å²) in [5.74, 6) is -0.0396. The Kier molecular flexibility index (Phi) is 5.88. The molecule has 0 atom stereocenters. The summed E-state index contributed by atoms with van der Waals surface area (Å²) in [6, 6.07) is 10.2. The molecule has 37 heavy (non-hydrogen) atoms. The molecule has 5 heterocycles. The molecule has 0 unspecified atom stereocenters. The van der Waals surface area contributed by atoms with Gasteiger partial charge in [0.1, 0.15) is 11.9 Å². The van der Waals surface area contributed by atoms with E-state index >= 15 is 0 Å². The second kappa shape index (κ2) is 9.36. The number of anilines is 2. The summed E-state index contributed by atoms with van der Waals surface area (Å²) in [5.41, 5.74) is 4.42. The van der Waals surface area contributed by atoms with Gasteiger partial charge in [-0.15, -0.1) is 0 Å². The Balaban J connectivity index is 1.45. The molecule has 2 saturated heterocycles. The summed E-state index contributed by atoms with van der Waals surface area (Å²) in [6.07, 6.45) is 5.35. The first-order chi connectivity index (χ1) is 18.0. The number of hydrogen-bond acceptors (Lipinski definition) is 6. The minimum Gasteiger partial charge on any atom is -0.501 e. The molecule has 2 aliphatic rings. The number of nitrogens with zero attached hydrogens (tertiary/aromatic N) is 4. The van der Waals surface area contributed by atoms with Crippen molar-refractivity contribution in [1.29, 1.82) is 0 Å². The van der Waals surface area contributed by atoms with Crippen LogP contribution in [0.4, 0.5) is 11.4 Å². The van der Waals surface area contributed by atoms with E-state index in [9.17, 15) is 14.7 Å². The number of imidazole rings is 1. The first-order valence-corrected chi connectivity index (χ1v) is 12.6. The molecule has 0 radical (unpaired) electrons. The van der Waals surface area contributed by atoms with Gasteiger partial charge in [-0.25, -0.2) is 15.0 Å². The van der Waals surface area contributed by atoms with E-state index in [4.69, 9.17) is 9.72 Å². The lowest BCUT2D eigenvalue weighted by molar-refractivity contribution is -0.362. The molecular formula is C27H29N6O4+. The molecule has 0 spiro atoms. The van der Waals surface area contributed by atoms with Gasteiger partial charge in [0.25, 0.3) is 0 Å². The summed E-state index contributed by atoms with van der Waals surface area (Å²) < 4.78 is 6.82. The van der Waals surface area contributed by atoms with Crippen molar-refractivity contribution < 1.29 is 19.6 Å². The van der Waals surface area contributed by atoms with Gasteiger partial charge >= 0.3 is 11.4 Å². The number of carbonyl (C=O) groups excluding carboxylic acids is 1. The van der Waals surface area contributed by atoms with Crippen LogP contribution < -0.4 is 20.3 Å². The van der Waals surface area contributed by atoms with Crippen molar-refractivity contribution in [1.82, 2.24) is 14.4 Å². The predicted octanol–water partition coefficient (Wildman–Crippen LogP) is 2.07. The number of morpholine rings is 1. The molecule has 0 aliphatic carbocycles. The number of fused-ring (bicyclic) bond motifs is 1. The van der Waals surface area contributed by atoms with Gasteiger partial charge < -0.3 is 19.6 Å². The Morgan fingerprint density at radius 2 is 1.92 bits per heavy atom. The van der Waals surface area contributed by atoms with Crippen LogP contribution in [0, 0.1) is 6.92 Å². The minimum atomic E-state index is -0.592. The van der Waals surface area contributed by atoms with Crippen LogP contribution in [0.15, 0.2) is 47.5 Å². The molecule has 2 aliphatic heterocycles. The van der Waals surface area contributed by atoms with Crippen LogP contribution in [0.2, 0.25) is 0 Å². The molecular weight excluding hydrogens is 472 g/mol. The first kappa shape index (κ1) is 23.2. The molecule has 1 amide bonds. The predicted molar refractivity (Wildman–Crippen MR) is 138 cm³/mol. The van der Waals surface area contributed by atoms with E-state index in [1.165, 1.54) is 9.96 Å². The first-order valence-electron chi connectivity index (χ1n) is 12.6. The Bertz CT molecular complexity index is 1540. The zero-order valence-corrected chi connectivity index (χ0v) is 20.7. The number of benzene rings is 1. The van der Waals surface area contributed by atoms with E-state index in [0.717, 1.165) is 23.4 Å². The van der Waals surface area contributed by atoms with Crippen LogP contribution >= 0.6 is 0 Å². The second-order valence-corrected chi connectivity index (χ2v) is 9.62. The Hall–Kier alpha value is -4.18. The third kappa shape index (κ3) is 4.33. The van der Waals surface area contributed by atoms with Crippen LogP contribution in [0.5, 0.6) is 5.75 Å². The van der Waals surface area contributed by atoms with Crippen molar-refractivity contribution in [3.63, 3.8) is 0 Å². The minimum absolute atomic E-state index is 0.00304. The summed E-state index contributed by atoms with van der Waals surface area (Å²) in [4.78, 5) is 41.1. The third-order valence-corrected chi connectivity index (χ3v) is 7.04. The number of H-pyrrole nitrogens is 2. The molecule has 10 heteroatoms. The standard InChI is InChI=1S/C27H28N6O4/c1-17-4-6-18(7-5-17)13-19-15-28-25(29-19)23-24(35)27(36)33-16-20(31-9-11-37-12-10-31)14-21(26(33)30-23)32-8-2-3-22(32)34/h4-7,14-16,35H,2-3,8-13H2,1H3,(H,28,29)/p+1. The highest BCUT2D eigenvalue weighted by atomic mass is 16.5. The van der Waals surface area contributed by atoms with Gasteiger partial charge in [-0.3, -0.25) is 14.0 Å². The number of aromatic hydroxyl groups is 1. The van der Waals surface area contributed by atoms with Gasteiger partial charge in [-0.1, -0.05) is 29.8 Å². The zero-order chi connectivity index (χ0) is 25.5. The number of aromatic nitrogens is 4. The Labute approximate surface area is 213 Å². The molecule has 3 N–H and O–H groups in total. The van der Waals surface area contributed by atoms with Crippen LogP contribution in [0.1, 0.15) is 29.7 Å². The highest BCUT2D eigenvalue weighted by Crippen LogP contribution is 2.32. The molecule has 0 bridgehead atoms. The maximum Gasteiger partial charge on any atom is 0.307 e. The lowest BCUT2D eigenvalue weighted by Gasteiger charge is -2.30. The van der Waals surface area contributed by atoms with E-state index in [0.29, 0.717) is 62.8 Å². The molecule has 190 valence electrons. The van der Waals surface area contributed by atoms with Gasteiger partial charge in [0.2, 0.25) is 17.4 Å². The lowest BCUT2D eigenvalue weighted by atomic mass is 10.1. The third-order valence-electron chi connectivity index (χ3n) is 7.04. The van der Waals surface area contributed by atoms with E-state index in [1.54, 1.807) is 11.1 Å². The normalized spacial score (nSPS) is 16.2. The molecule has 6 rings (SSSR count). The van der Waals surface area contributed by atoms with Gasteiger partial charge in [0.15, 0.2) is 5.65 Å². The number of carbonyl (C=O) groups is 1. The van der Waals surface area contributed by atoms with Crippen molar-refractivity contribution in [3.8, 4) is 17.3 Å². The topological polar surface area (TPSA) is 117 Å². The highest BCUT2D eigenvalue weighted by Gasteiger charge is 2.29. The summed E-state index contributed by atoms with van der Waals surface area (Å²) >= 11 is 0. The highest BCUT2D eigenvalue weighted by molar-refractivity contribution is 5.99. The SMILES string of the molecule is Cc1ccc(Cc2c[nH+]c(-c3nc4c(N5CCCC5=O)cc(N5CCOCC5)cn4c(=O)c3O)[nH]2)cc1. The van der Waals surface area contributed by atoms with Crippen molar-refractivity contribution in [2.45, 2.75) is 26.2 Å². The van der Waals surface area contributed by atoms with Crippen LogP contribution in [0.25, 0.3) is 17.2 Å². The summed E-state index contributed by atoms with van der Waals surface area (Å²) in [7, 11) is 0. The lowest BCUT2D eigenvalue weighted by Crippen LogP contribution is -2.37. The van der Waals surface area contributed by atoms with Gasteiger partial charge in [0.05, 0.1) is 24.6 Å². The number of hydrogen-bond donors (Lipinski definition) is 2. The monoisotopic (exact) mass is 501 g/mol. The molecule has 10 nitrogen and oxygen atoms in total. The second-order valence-electron chi connectivity index (χ2n) is 9.62. The van der Waals surface area contributed by atoms with E-state index in [1.807, 2.05) is 19.2 Å². The smallest absolute Gasteiger partial charge is 0.307 e. The van der Waals surface area contributed by atoms with Gasteiger partial charge in [-0.2, -0.15) is 0 Å². The van der Waals surface area contributed by atoms with Crippen molar-refractivity contribution in [2.75, 3.05) is 42.6 Å². The Morgan fingerprint density at radius 1 is 1.14 bits per heavy atom. The fraction of sp³-hybridized carbons (Fsp3) is 0.333.